The molecule has 2 atom stereocenters. The minimum absolute atomic E-state index is 0.0103. The Balaban J connectivity index is 1.74. The number of nitrogens with zero attached hydrogens (tertiary/aromatic N) is 1. The predicted molar refractivity (Wildman–Crippen MR) is 81.1 cm³/mol. The smallest absolute Gasteiger partial charge is 0.233 e. The van der Waals surface area contributed by atoms with Gasteiger partial charge in [-0.05, 0) is 24.6 Å². The van der Waals surface area contributed by atoms with E-state index in [4.69, 9.17) is 4.74 Å². The first kappa shape index (κ1) is 14.4. The molecule has 1 saturated heterocycles. The number of likely N-dealkylation sites (tertiary alicyclic amines) is 1. The van der Waals surface area contributed by atoms with Gasteiger partial charge in [0, 0.05) is 30.2 Å². The number of carbonyl (C=O) groups is 2. The van der Waals surface area contributed by atoms with Crippen molar-refractivity contribution in [2.24, 2.45) is 5.92 Å². The number of rotatable bonds is 2. The van der Waals surface area contributed by atoms with Gasteiger partial charge in [-0.2, -0.15) is 0 Å². The number of nitrogens with one attached hydrogen (secondary N) is 1. The summed E-state index contributed by atoms with van der Waals surface area (Å²) in [5.74, 6) is 0.483. The van der Waals surface area contributed by atoms with Gasteiger partial charge in [0.1, 0.15) is 18.3 Å². The average Bonchev–Trinajstić information content (AvgIpc) is 3.12. The van der Waals surface area contributed by atoms with Crippen molar-refractivity contribution in [3.8, 4) is 5.75 Å². The van der Waals surface area contributed by atoms with Crippen LogP contribution in [0.3, 0.4) is 0 Å². The van der Waals surface area contributed by atoms with Crippen LogP contribution < -0.4 is 10.1 Å². The van der Waals surface area contributed by atoms with E-state index in [1.54, 1.807) is 11.9 Å². The van der Waals surface area contributed by atoms with E-state index >= 15 is 0 Å². The highest BCUT2D eigenvalue weighted by atomic mass is 79.9. The maximum absolute atomic E-state index is 12.7. The van der Waals surface area contributed by atoms with Crippen molar-refractivity contribution in [1.29, 1.82) is 0 Å². The highest BCUT2D eigenvalue weighted by molar-refractivity contribution is 9.10. The summed E-state index contributed by atoms with van der Waals surface area (Å²) in [5.41, 5.74) is 0.928. The molecule has 0 radical (unpaired) electrons. The van der Waals surface area contributed by atoms with Crippen LogP contribution in [0.15, 0.2) is 22.7 Å². The fraction of sp³-hybridized carbons (Fsp3) is 0.467. The fourth-order valence-electron chi connectivity index (χ4n) is 2.99. The van der Waals surface area contributed by atoms with Crippen molar-refractivity contribution in [3.63, 3.8) is 0 Å². The average molecular weight is 353 g/mol. The lowest BCUT2D eigenvalue weighted by Crippen LogP contribution is -2.36. The Labute approximate surface area is 131 Å². The Kier molecular flexibility index (Phi) is 3.89. The molecule has 3 rings (SSSR count). The second kappa shape index (κ2) is 5.67. The molecule has 0 spiro atoms. The number of ether oxygens (including phenoxy) is 1. The van der Waals surface area contributed by atoms with Crippen LogP contribution in [0.2, 0.25) is 0 Å². The molecule has 1 fully saturated rings. The number of hydrogen-bond acceptors (Lipinski definition) is 3. The highest BCUT2D eigenvalue weighted by Gasteiger charge is 2.37. The van der Waals surface area contributed by atoms with Gasteiger partial charge in [0.25, 0.3) is 0 Å². The van der Waals surface area contributed by atoms with E-state index in [0.717, 1.165) is 22.2 Å². The van der Waals surface area contributed by atoms with Crippen LogP contribution in [0.25, 0.3) is 0 Å². The van der Waals surface area contributed by atoms with Crippen LogP contribution in [-0.4, -0.2) is 43.5 Å². The Hall–Kier alpha value is -1.56. The molecule has 2 amide bonds. The number of fused-ring (bicyclic) bond motifs is 1. The predicted octanol–water partition coefficient (Wildman–Crippen LogP) is 1.52. The maximum atomic E-state index is 12.7. The minimum atomic E-state index is -0.263. The van der Waals surface area contributed by atoms with E-state index in [1.165, 1.54) is 0 Å². The molecular formula is C15H17BrN2O3. The summed E-state index contributed by atoms with van der Waals surface area (Å²) >= 11 is 3.43. The summed E-state index contributed by atoms with van der Waals surface area (Å²) in [4.78, 5) is 26.1. The van der Waals surface area contributed by atoms with Gasteiger partial charge >= 0.3 is 0 Å². The first-order chi connectivity index (χ1) is 10.1. The topological polar surface area (TPSA) is 58.6 Å². The van der Waals surface area contributed by atoms with Gasteiger partial charge in [-0.25, -0.2) is 0 Å². The molecule has 1 aromatic carbocycles. The summed E-state index contributed by atoms with van der Waals surface area (Å²) < 4.78 is 6.53. The van der Waals surface area contributed by atoms with Gasteiger partial charge in [0.2, 0.25) is 11.8 Å². The van der Waals surface area contributed by atoms with E-state index < -0.39 is 0 Å². The van der Waals surface area contributed by atoms with Gasteiger partial charge in [0.15, 0.2) is 0 Å². The summed E-state index contributed by atoms with van der Waals surface area (Å²) in [6, 6.07) is 5.73. The van der Waals surface area contributed by atoms with Gasteiger partial charge in [-0.15, -0.1) is 0 Å². The maximum Gasteiger partial charge on any atom is 0.233 e. The Morgan fingerprint density at radius 3 is 3.00 bits per heavy atom. The van der Waals surface area contributed by atoms with Gasteiger partial charge < -0.3 is 15.0 Å². The lowest BCUT2D eigenvalue weighted by atomic mass is 10.00. The van der Waals surface area contributed by atoms with Crippen LogP contribution in [0.5, 0.6) is 5.75 Å². The first-order valence-electron chi connectivity index (χ1n) is 7.02. The Morgan fingerprint density at radius 2 is 2.24 bits per heavy atom. The molecule has 0 saturated carbocycles. The second-order valence-corrected chi connectivity index (χ2v) is 6.35. The molecule has 1 aromatic rings. The van der Waals surface area contributed by atoms with E-state index in [-0.39, 0.29) is 23.7 Å². The monoisotopic (exact) mass is 352 g/mol. The normalized spacial score (nSPS) is 23.6. The molecule has 2 aliphatic rings. The largest absolute Gasteiger partial charge is 0.492 e. The summed E-state index contributed by atoms with van der Waals surface area (Å²) in [5, 5.41) is 2.65. The molecule has 21 heavy (non-hydrogen) atoms. The molecule has 2 unspecified atom stereocenters. The van der Waals surface area contributed by atoms with Gasteiger partial charge in [-0.1, -0.05) is 15.9 Å². The molecule has 2 aliphatic heterocycles. The minimum Gasteiger partial charge on any atom is -0.492 e. The van der Waals surface area contributed by atoms with Crippen molar-refractivity contribution in [2.45, 2.75) is 12.3 Å². The number of hydrogen-bond donors (Lipinski definition) is 1. The zero-order chi connectivity index (χ0) is 15.0. The number of halogens is 1. The Morgan fingerprint density at radius 1 is 1.43 bits per heavy atom. The highest BCUT2D eigenvalue weighted by Crippen LogP contribution is 2.37. The molecule has 0 aromatic heterocycles. The molecule has 5 nitrogen and oxygen atoms in total. The van der Waals surface area contributed by atoms with E-state index in [9.17, 15) is 9.59 Å². The standard InChI is InChI=1S/C15H17BrN2O3/c1-17-14(19)9-4-5-18(7-9)15(20)12-8-21-13-3-2-10(16)6-11(12)13/h2-3,6,9,12H,4-5,7-8H2,1H3,(H,17,19). The van der Waals surface area contributed by atoms with Crippen molar-refractivity contribution in [3.05, 3.63) is 28.2 Å². The lowest BCUT2D eigenvalue weighted by Gasteiger charge is -2.20. The molecule has 112 valence electrons. The van der Waals surface area contributed by atoms with E-state index in [1.807, 2.05) is 18.2 Å². The molecule has 2 heterocycles. The summed E-state index contributed by atoms with van der Waals surface area (Å²) in [6.07, 6.45) is 0.727. The zero-order valence-corrected chi connectivity index (χ0v) is 13.4. The van der Waals surface area contributed by atoms with Crippen molar-refractivity contribution in [2.75, 3.05) is 26.7 Å². The lowest BCUT2D eigenvalue weighted by molar-refractivity contribution is -0.132. The van der Waals surface area contributed by atoms with Crippen LogP contribution in [0, 0.1) is 5.92 Å². The third-order valence-electron chi connectivity index (χ3n) is 4.17. The third-order valence-corrected chi connectivity index (χ3v) is 4.66. The van der Waals surface area contributed by atoms with Gasteiger partial charge in [0.05, 0.1) is 5.92 Å². The number of amides is 2. The van der Waals surface area contributed by atoms with E-state index in [2.05, 4.69) is 21.2 Å². The molecule has 1 N–H and O–H groups in total. The number of carbonyl (C=O) groups excluding carboxylic acids is 2. The third kappa shape index (κ3) is 2.64. The van der Waals surface area contributed by atoms with Crippen LogP contribution >= 0.6 is 15.9 Å². The molecule has 0 bridgehead atoms. The number of benzene rings is 1. The Bertz CT molecular complexity index is 590. The molecule has 0 aliphatic carbocycles. The summed E-state index contributed by atoms with van der Waals surface area (Å²) in [7, 11) is 1.63. The van der Waals surface area contributed by atoms with Crippen molar-refractivity contribution < 1.29 is 14.3 Å². The fourth-order valence-corrected chi connectivity index (χ4v) is 3.37. The SMILES string of the molecule is CNC(=O)C1CCN(C(=O)C2COc3ccc(Br)cc32)C1. The second-order valence-electron chi connectivity index (χ2n) is 5.43. The zero-order valence-electron chi connectivity index (χ0n) is 11.8. The van der Waals surface area contributed by atoms with Crippen LogP contribution in [0.1, 0.15) is 17.9 Å². The van der Waals surface area contributed by atoms with Crippen LogP contribution in [0.4, 0.5) is 0 Å². The van der Waals surface area contributed by atoms with E-state index in [0.29, 0.717) is 19.7 Å². The quantitative estimate of drug-likeness (QED) is 0.877. The van der Waals surface area contributed by atoms with Gasteiger partial charge in [-0.3, -0.25) is 9.59 Å². The first-order valence-corrected chi connectivity index (χ1v) is 7.82. The van der Waals surface area contributed by atoms with Crippen molar-refractivity contribution in [1.82, 2.24) is 10.2 Å². The van der Waals surface area contributed by atoms with Crippen LogP contribution in [-0.2, 0) is 9.59 Å². The van der Waals surface area contributed by atoms with Crippen molar-refractivity contribution >= 4 is 27.7 Å². The molecular weight excluding hydrogens is 336 g/mol. The summed E-state index contributed by atoms with van der Waals surface area (Å²) in [6.45, 7) is 1.51. The molecule has 6 heteroatoms.